The lowest BCUT2D eigenvalue weighted by Crippen LogP contribution is -2.22. The Labute approximate surface area is 236 Å². The molecule has 0 radical (unpaired) electrons. The minimum absolute atomic E-state index is 0.00338. The van der Waals surface area contributed by atoms with E-state index in [-0.39, 0.29) is 16.7 Å². The minimum atomic E-state index is -5.55. The van der Waals surface area contributed by atoms with Gasteiger partial charge in [-0.2, -0.15) is 8.42 Å². The third-order valence-electron chi connectivity index (χ3n) is 9.05. The first-order valence-electron chi connectivity index (χ1n) is 14.6. The summed E-state index contributed by atoms with van der Waals surface area (Å²) in [5, 5.41) is 0. The zero-order chi connectivity index (χ0) is 28.5. The minimum Gasteiger partial charge on any atom is -0.744 e. The highest BCUT2D eigenvalue weighted by Gasteiger charge is 2.35. The van der Waals surface area contributed by atoms with Gasteiger partial charge in [-0.05, 0) is 85.1 Å². The maximum Gasteiger partial charge on any atom is 0.339 e. The average molecular weight is 596 g/mol. The van der Waals surface area contributed by atoms with Gasteiger partial charge in [0.15, 0.2) is 11.6 Å². The highest BCUT2D eigenvalue weighted by atomic mass is 32.2. The molecule has 0 aromatic heterocycles. The molecule has 3 aliphatic carbocycles. The zero-order valence-electron chi connectivity index (χ0n) is 22.7. The van der Waals surface area contributed by atoms with Gasteiger partial charge in [0.1, 0.15) is 25.7 Å². The fourth-order valence-electron chi connectivity index (χ4n) is 7.06. The summed E-state index contributed by atoms with van der Waals surface area (Å²) in [7, 11) is -10.2. The van der Waals surface area contributed by atoms with E-state index in [1.807, 2.05) is 12.1 Å². The second kappa shape index (κ2) is 12.1. The van der Waals surface area contributed by atoms with Gasteiger partial charge >= 0.3 is 10.1 Å². The first-order valence-corrected chi connectivity index (χ1v) is 17.4. The summed E-state index contributed by atoms with van der Waals surface area (Å²) in [6.07, 6.45) is 15.0. The predicted molar refractivity (Wildman–Crippen MR) is 146 cm³/mol. The molecule has 5 rings (SSSR count). The Morgan fingerprint density at radius 2 is 1.10 bits per heavy atom. The van der Waals surface area contributed by atoms with Crippen LogP contribution >= 0.6 is 0 Å². The molecule has 0 N–H and O–H groups in total. The molecule has 3 aliphatic rings. The van der Waals surface area contributed by atoms with Gasteiger partial charge in [-0.25, -0.2) is 17.2 Å². The normalized spacial score (nSPS) is 20.5. The van der Waals surface area contributed by atoms with Crippen LogP contribution in [-0.2, 0) is 20.2 Å². The van der Waals surface area contributed by atoms with Crippen molar-refractivity contribution in [1.29, 1.82) is 0 Å². The summed E-state index contributed by atoms with van der Waals surface area (Å²) in [5.41, 5.74) is 2.55. The molecule has 2 aromatic rings. The van der Waals surface area contributed by atoms with Crippen molar-refractivity contribution in [2.24, 2.45) is 0 Å². The lowest BCUT2D eigenvalue weighted by Gasteiger charge is -2.32. The van der Waals surface area contributed by atoms with Crippen LogP contribution in [0.3, 0.4) is 0 Å². The van der Waals surface area contributed by atoms with Crippen LogP contribution < -0.4 is 4.18 Å². The lowest BCUT2D eigenvalue weighted by molar-refractivity contribution is 0.407. The molecule has 6 nitrogen and oxygen atoms in total. The van der Waals surface area contributed by atoms with Crippen LogP contribution in [0.4, 0.5) is 8.78 Å². The molecule has 220 valence electrons. The molecule has 0 saturated heterocycles. The molecule has 0 atom stereocenters. The first-order chi connectivity index (χ1) is 19.1. The van der Waals surface area contributed by atoms with Crippen molar-refractivity contribution in [3.63, 3.8) is 0 Å². The molecule has 10 heteroatoms. The molecule has 3 fully saturated rings. The zero-order valence-corrected chi connectivity index (χ0v) is 24.3. The summed E-state index contributed by atoms with van der Waals surface area (Å²) < 4.78 is 97.3. The third kappa shape index (κ3) is 6.23. The molecule has 2 aromatic carbocycles. The Bertz CT molecular complexity index is 1400. The summed E-state index contributed by atoms with van der Waals surface area (Å²) >= 11 is 0. The van der Waals surface area contributed by atoms with E-state index in [9.17, 15) is 25.8 Å². The highest BCUT2D eigenvalue weighted by Crippen LogP contribution is 2.46. The Morgan fingerprint density at radius 3 is 1.55 bits per heavy atom. The highest BCUT2D eigenvalue weighted by molar-refractivity contribution is 7.87. The maximum atomic E-state index is 15.1. The average Bonchev–Trinajstić information content (AvgIpc) is 2.94. The second-order valence-electron chi connectivity index (χ2n) is 11.7. The first kappa shape index (κ1) is 29.5. The number of benzene rings is 2. The van der Waals surface area contributed by atoms with Crippen molar-refractivity contribution >= 4 is 20.2 Å². The van der Waals surface area contributed by atoms with Crippen molar-refractivity contribution in [1.82, 2.24) is 0 Å². The fourth-order valence-corrected chi connectivity index (χ4v) is 9.16. The molecule has 0 aliphatic heterocycles. The monoisotopic (exact) mass is 595 g/mol. The van der Waals surface area contributed by atoms with Gasteiger partial charge in [0, 0.05) is 0 Å². The van der Waals surface area contributed by atoms with Gasteiger partial charge in [-0.15, -0.1) is 0 Å². The van der Waals surface area contributed by atoms with E-state index in [1.54, 1.807) is 0 Å². The Balaban J connectivity index is 1.68. The number of halogens is 2. The summed E-state index contributed by atoms with van der Waals surface area (Å²) in [4.78, 5) is -1.70. The molecule has 0 amide bonds. The van der Waals surface area contributed by atoms with E-state index in [0.717, 1.165) is 95.5 Å². The van der Waals surface area contributed by atoms with Crippen LogP contribution in [0.1, 0.15) is 131 Å². The van der Waals surface area contributed by atoms with E-state index >= 15 is 4.39 Å². The van der Waals surface area contributed by atoms with Gasteiger partial charge < -0.3 is 8.74 Å². The van der Waals surface area contributed by atoms with Crippen molar-refractivity contribution in [3.05, 3.63) is 52.6 Å². The van der Waals surface area contributed by atoms with Crippen molar-refractivity contribution < 1.29 is 34.4 Å². The SMILES string of the molecule is O=S(=O)([O-])c1c(F)ccc(OS(=O)(=O)c2c(C3CCCCC3)cc(C3CCCCC3)cc2C2CCCCC2)c1F. The van der Waals surface area contributed by atoms with E-state index in [0.29, 0.717) is 29.2 Å². The topological polar surface area (TPSA) is 101 Å². The van der Waals surface area contributed by atoms with E-state index in [2.05, 4.69) is 0 Å². The third-order valence-corrected chi connectivity index (χ3v) is 11.3. The fraction of sp³-hybridized carbons (Fsp3) is 0.600. The van der Waals surface area contributed by atoms with Gasteiger partial charge in [0.05, 0.1) is 0 Å². The van der Waals surface area contributed by atoms with Crippen LogP contribution in [0.5, 0.6) is 5.75 Å². The van der Waals surface area contributed by atoms with Crippen LogP contribution in [-0.4, -0.2) is 21.4 Å². The van der Waals surface area contributed by atoms with Crippen LogP contribution in [0.25, 0.3) is 0 Å². The van der Waals surface area contributed by atoms with Crippen LogP contribution in [0.15, 0.2) is 34.1 Å². The predicted octanol–water partition coefficient (Wildman–Crippen LogP) is 7.78. The van der Waals surface area contributed by atoms with Gasteiger partial charge in [-0.3, -0.25) is 0 Å². The summed E-state index contributed by atoms with van der Waals surface area (Å²) in [6, 6.07) is 5.31. The summed E-state index contributed by atoms with van der Waals surface area (Å²) in [5.74, 6) is -4.07. The van der Waals surface area contributed by atoms with Crippen molar-refractivity contribution in [2.45, 2.75) is 124 Å². The molecule has 0 spiro atoms. The second-order valence-corrected chi connectivity index (χ2v) is 14.5. The standard InChI is InChI=1S/C30H38F2O6S2/c31-26-16-17-27(28(32)30(26)39(33,34)35)38-40(36,37)29-24(21-12-6-2-7-13-21)18-23(20-10-4-1-5-11-20)19-25(29)22-14-8-3-9-15-22/h16-22H,1-15H2,(H,33,34,35)/p-1. The van der Waals surface area contributed by atoms with Crippen molar-refractivity contribution in [3.8, 4) is 5.75 Å². The Hall–Kier alpha value is -2.04. The van der Waals surface area contributed by atoms with E-state index < -0.39 is 42.5 Å². The quantitative estimate of drug-likeness (QED) is 0.239. The lowest BCUT2D eigenvalue weighted by atomic mass is 9.76. The van der Waals surface area contributed by atoms with E-state index in [4.69, 9.17) is 4.18 Å². The number of hydrogen-bond acceptors (Lipinski definition) is 6. The number of hydrogen-bond donors (Lipinski definition) is 0. The molecule has 0 unspecified atom stereocenters. The Kier molecular flexibility index (Phi) is 8.88. The molecule has 3 saturated carbocycles. The van der Waals surface area contributed by atoms with Gasteiger partial charge in [0.25, 0.3) is 0 Å². The van der Waals surface area contributed by atoms with E-state index in [1.165, 1.54) is 6.42 Å². The largest absolute Gasteiger partial charge is 0.744 e. The smallest absolute Gasteiger partial charge is 0.339 e. The Morgan fingerprint density at radius 1 is 0.650 bits per heavy atom. The van der Waals surface area contributed by atoms with Gasteiger partial charge in [-0.1, -0.05) is 69.9 Å². The van der Waals surface area contributed by atoms with Crippen LogP contribution in [0.2, 0.25) is 0 Å². The van der Waals surface area contributed by atoms with Crippen molar-refractivity contribution in [2.75, 3.05) is 0 Å². The summed E-state index contributed by atoms with van der Waals surface area (Å²) in [6.45, 7) is 0. The molecule has 0 heterocycles. The molecular formula is C30H37F2O6S2-. The van der Waals surface area contributed by atoms with Gasteiger partial charge in [0.2, 0.25) is 0 Å². The number of rotatable bonds is 7. The molecule has 40 heavy (non-hydrogen) atoms. The van der Waals surface area contributed by atoms with Crippen LogP contribution in [0, 0.1) is 11.6 Å². The maximum absolute atomic E-state index is 15.1. The molecule has 0 bridgehead atoms. The molecular weight excluding hydrogens is 558 g/mol.